The normalized spacial score (nSPS) is 11.7. The van der Waals surface area contributed by atoms with Crippen molar-refractivity contribution >= 4 is 27.1 Å². The third-order valence-electron chi connectivity index (χ3n) is 6.70. The Morgan fingerprint density at radius 1 is 1.00 bits per heavy atom. The van der Waals surface area contributed by atoms with Gasteiger partial charge in [0.25, 0.3) is 10.0 Å². The highest BCUT2D eigenvalue weighted by Crippen LogP contribution is 2.28. The molecule has 5 aromatic rings. The minimum Gasteiger partial charge on any atom is -0.464 e. The minimum absolute atomic E-state index is 0.0448. The quantitative estimate of drug-likeness (QED) is 0.288. The van der Waals surface area contributed by atoms with Gasteiger partial charge in [0.15, 0.2) is 0 Å². The molecule has 5 rings (SSSR count). The van der Waals surface area contributed by atoms with E-state index in [4.69, 9.17) is 4.98 Å². The van der Waals surface area contributed by atoms with Crippen molar-refractivity contribution in [2.24, 2.45) is 7.05 Å². The van der Waals surface area contributed by atoms with Gasteiger partial charge in [0.2, 0.25) is 0 Å². The number of carbonyl (C=O) groups is 1. The average molecular weight is 544 g/mol. The van der Waals surface area contributed by atoms with Crippen molar-refractivity contribution in [3.05, 3.63) is 96.1 Å². The van der Waals surface area contributed by atoms with E-state index in [-0.39, 0.29) is 17.9 Å². The lowest BCUT2D eigenvalue weighted by molar-refractivity contribution is 0.172. The average Bonchev–Trinajstić information content (AvgIpc) is 3.52. The summed E-state index contributed by atoms with van der Waals surface area (Å²) in [6.07, 6.45) is 3.28. The van der Waals surface area contributed by atoms with E-state index in [2.05, 4.69) is 34.8 Å². The van der Waals surface area contributed by atoms with Gasteiger partial charge >= 0.3 is 6.09 Å². The Kier molecular flexibility index (Phi) is 6.96. The molecule has 1 N–H and O–H groups in total. The smallest absolute Gasteiger partial charge is 0.421 e. The van der Waals surface area contributed by atoms with Gasteiger partial charge in [-0.15, -0.1) is 0 Å². The Labute approximate surface area is 227 Å². The van der Waals surface area contributed by atoms with Crippen molar-refractivity contribution in [1.82, 2.24) is 23.6 Å². The Morgan fingerprint density at radius 3 is 2.33 bits per heavy atom. The summed E-state index contributed by atoms with van der Waals surface area (Å²) < 4.78 is 30.3. The number of hydrogen-bond donors (Lipinski definition) is 1. The summed E-state index contributed by atoms with van der Waals surface area (Å²) in [5, 5.41) is 13.9. The molecule has 0 aliphatic rings. The van der Waals surface area contributed by atoms with Crippen molar-refractivity contribution in [1.29, 1.82) is 0 Å². The number of rotatable bonds is 8. The number of aromatic nitrogens is 4. The molecule has 3 aromatic carbocycles. The van der Waals surface area contributed by atoms with Crippen molar-refractivity contribution in [3.8, 4) is 16.8 Å². The van der Waals surface area contributed by atoms with E-state index >= 15 is 0 Å². The lowest BCUT2D eigenvalue weighted by Gasteiger charge is -2.19. The summed E-state index contributed by atoms with van der Waals surface area (Å²) >= 11 is 0. The number of carboxylic acid groups (broad SMARTS) is 1. The molecule has 0 bridgehead atoms. The van der Waals surface area contributed by atoms with Crippen molar-refractivity contribution in [2.45, 2.75) is 31.6 Å². The van der Waals surface area contributed by atoms with Crippen LogP contribution in [0.3, 0.4) is 0 Å². The van der Waals surface area contributed by atoms with Gasteiger partial charge in [0, 0.05) is 37.5 Å². The molecule has 2 heterocycles. The van der Waals surface area contributed by atoms with E-state index in [0.29, 0.717) is 4.31 Å². The zero-order valence-corrected chi connectivity index (χ0v) is 22.8. The van der Waals surface area contributed by atoms with Crippen LogP contribution in [0.4, 0.5) is 4.79 Å². The van der Waals surface area contributed by atoms with Crippen molar-refractivity contribution in [2.75, 3.05) is 6.54 Å². The van der Waals surface area contributed by atoms with Crippen molar-refractivity contribution in [3.63, 3.8) is 0 Å². The molecule has 0 aliphatic heterocycles. The highest BCUT2D eigenvalue weighted by atomic mass is 32.2. The Hall–Kier alpha value is -4.44. The van der Waals surface area contributed by atoms with Gasteiger partial charge < -0.3 is 5.11 Å². The number of hydrogen-bond acceptors (Lipinski definition) is 5. The predicted molar refractivity (Wildman–Crippen MR) is 149 cm³/mol. The summed E-state index contributed by atoms with van der Waals surface area (Å²) in [5.74, 6) is 0.919. The van der Waals surface area contributed by atoms with Crippen molar-refractivity contribution < 1.29 is 18.3 Å². The second-order valence-electron chi connectivity index (χ2n) is 9.41. The maximum Gasteiger partial charge on any atom is 0.421 e. The molecule has 39 heavy (non-hydrogen) atoms. The first-order chi connectivity index (χ1) is 18.7. The molecule has 0 saturated heterocycles. The van der Waals surface area contributed by atoms with Gasteiger partial charge in [-0.3, -0.25) is 9.25 Å². The lowest BCUT2D eigenvalue weighted by atomic mass is 10.1. The molecule has 0 unspecified atom stereocenters. The maximum atomic E-state index is 13.0. The molecule has 2 aromatic heterocycles. The number of benzene rings is 3. The Balaban J connectivity index is 1.38. The number of nitrogens with zero attached hydrogens (tertiary/aromatic N) is 5. The summed E-state index contributed by atoms with van der Waals surface area (Å²) in [4.78, 5) is 16.7. The molecule has 0 spiro atoms. The molecular formula is C29H29N5O4S. The first-order valence-electron chi connectivity index (χ1n) is 12.6. The number of sulfonamides is 1. The second-order valence-corrected chi connectivity index (χ2v) is 11.3. The SMILES string of the molecule is CCc1nc2cc(-c3cnn(C)c3)ccc2n1-c1ccc(CCN(C(=O)O)S(=O)(=O)c2ccc(C)cc2)cc1. The first kappa shape index (κ1) is 26.2. The van der Waals surface area contributed by atoms with Gasteiger partial charge in [0.1, 0.15) is 5.82 Å². The molecule has 200 valence electrons. The molecular weight excluding hydrogens is 514 g/mol. The van der Waals surface area contributed by atoms with Gasteiger partial charge in [-0.2, -0.15) is 5.10 Å². The van der Waals surface area contributed by atoms with Crippen LogP contribution < -0.4 is 0 Å². The van der Waals surface area contributed by atoms with E-state index in [0.717, 1.165) is 51.2 Å². The van der Waals surface area contributed by atoms with E-state index in [1.807, 2.05) is 50.6 Å². The lowest BCUT2D eigenvalue weighted by Crippen LogP contribution is -2.37. The zero-order chi connectivity index (χ0) is 27.7. The van der Waals surface area contributed by atoms with Crippen LogP contribution in [0.25, 0.3) is 27.8 Å². The van der Waals surface area contributed by atoms with Crippen LogP contribution in [0, 0.1) is 6.92 Å². The molecule has 0 atom stereocenters. The third-order valence-corrected chi connectivity index (χ3v) is 8.49. The van der Waals surface area contributed by atoms with E-state index in [1.165, 1.54) is 12.1 Å². The number of amides is 1. The first-order valence-corrected chi connectivity index (χ1v) is 14.0. The largest absolute Gasteiger partial charge is 0.464 e. The van der Waals surface area contributed by atoms with Crippen LogP contribution in [-0.4, -0.2) is 49.8 Å². The molecule has 9 nitrogen and oxygen atoms in total. The predicted octanol–water partition coefficient (Wildman–Crippen LogP) is 5.21. The van der Waals surface area contributed by atoms with Crippen LogP contribution in [-0.2, 0) is 29.9 Å². The number of imidazole rings is 1. The highest BCUT2D eigenvalue weighted by molar-refractivity contribution is 7.89. The molecule has 10 heteroatoms. The third kappa shape index (κ3) is 5.15. The maximum absolute atomic E-state index is 13.0. The molecule has 0 saturated carbocycles. The number of aryl methyl sites for hydroxylation is 3. The Morgan fingerprint density at radius 2 is 1.72 bits per heavy atom. The minimum atomic E-state index is -4.17. The summed E-state index contributed by atoms with van der Waals surface area (Å²) in [6.45, 7) is 3.71. The highest BCUT2D eigenvalue weighted by Gasteiger charge is 2.28. The fourth-order valence-electron chi connectivity index (χ4n) is 4.60. The zero-order valence-electron chi connectivity index (χ0n) is 21.9. The van der Waals surface area contributed by atoms with E-state index in [9.17, 15) is 18.3 Å². The molecule has 0 radical (unpaired) electrons. The van der Waals surface area contributed by atoms with Gasteiger partial charge in [-0.05, 0) is 60.9 Å². The number of fused-ring (bicyclic) bond motifs is 1. The fourth-order valence-corrected chi connectivity index (χ4v) is 5.88. The van der Waals surface area contributed by atoms with Crippen LogP contribution in [0.5, 0.6) is 0 Å². The Bertz CT molecular complexity index is 1750. The standard InChI is InChI=1S/C29H29N5O4S/c1-4-28-31-26-17-22(23-18-30-32(3)19-23)9-14-27(26)34(28)24-10-7-21(8-11-24)15-16-33(29(35)36)39(37,38)25-12-5-20(2)6-13-25/h5-14,17-19H,4,15-16H2,1-3H3,(H,35,36). The molecule has 1 amide bonds. The molecule has 0 fully saturated rings. The van der Waals surface area contributed by atoms with Crippen LogP contribution in [0.2, 0.25) is 0 Å². The fraction of sp³-hybridized carbons (Fsp3) is 0.207. The summed E-state index contributed by atoms with van der Waals surface area (Å²) in [6, 6.07) is 20.0. The van der Waals surface area contributed by atoms with Crippen LogP contribution >= 0.6 is 0 Å². The topological polar surface area (TPSA) is 110 Å². The van der Waals surface area contributed by atoms with E-state index in [1.54, 1.807) is 16.8 Å². The van der Waals surface area contributed by atoms with E-state index < -0.39 is 16.1 Å². The molecule has 0 aliphatic carbocycles. The van der Waals surface area contributed by atoms with Crippen LogP contribution in [0.15, 0.2) is 84.0 Å². The van der Waals surface area contributed by atoms with Gasteiger partial charge in [-0.1, -0.05) is 42.8 Å². The van der Waals surface area contributed by atoms with Gasteiger partial charge in [-0.25, -0.2) is 22.5 Å². The summed E-state index contributed by atoms with van der Waals surface area (Å²) in [7, 11) is -2.28. The van der Waals surface area contributed by atoms with Gasteiger partial charge in [0.05, 0.1) is 22.1 Å². The van der Waals surface area contributed by atoms with Crippen LogP contribution in [0.1, 0.15) is 23.9 Å². The second kappa shape index (κ2) is 10.4. The summed E-state index contributed by atoms with van der Waals surface area (Å²) in [5.41, 5.74) is 6.57. The monoisotopic (exact) mass is 543 g/mol.